The van der Waals surface area contributed by atoms with Crippen LogP contribution in [0.25, 0.3) is 17.0 Å². The maximum atomic E-state index is 12.3. The van der Waals surface area contributed by atoms with Crippen molar-refractivity contribution in [3.8, 4) is 17.1 Å². The van der Waals surface area contributed by atoms with Gasteiger partial charge in [-0.15, -0.1) is 5.01 Å². The molecule has 11 nitrogen and oxygen atoms in total. The molecule has 3 aromatic heterocycles. The number of halogens is 1. The van der Waals surface area contributed by atoms with Gasteiger partial charge in [-0.1, -0.05) is 23.7 Å². The van der Waals surface area contributed by atoms with Crippen molar-refractivity contribution in [2.45, 2.75) is 6.04 Å². The first-order chi connectivity index (χ1) is 19.1. The smallest absolute Gasteiger partial charge is 0.321 e. The molecule has 2 aliphatic rings. The fourth-order valence-corrected chi connectivity index (χ4v) is 5.58. The number of quaternary nitrogens is 1. The van der Waals surface area contributed by atoms with Gasteiger partial charge in [-0.25, -0.2) is 19.7 Å². The summed E-state index contributed by atoms with van der Waals surface area (Å²) in [4.78, 5) is 25.9. The van der Waals surface area contributed by atoms with E-state index in [-0.39, 0.29) is 10.6 Å². The summed E-state index contributed by atoms with van der Waals surface area (Å²) in [6.07, 6.45) is 6.30. The number of rotatable bonds is 7. The van der Waals surface area contributed by atoms with E-state index in [0.717, 1.165) is 42.9 Å². The Hall–Kier alpha value is -3.61. The van der Waals surface area contributed by atoms with Crippen LogP contribution in [0.4, 0.5) is 11.6 Å². The van der Waals surface area contributed by atoms with E-state index >= 15 is 0 Å². The van der Waals surface area contributed by atoms with E-state index in [1.807, 2.05) is 40.9 Å². The lowest BCUT2D eigenvalue weighted by Crippen LogP contribution is -2.68. The van der Waals surface area contributed by atoms with Crippen LogP contribution in [0.2, 0.25) is 5.02 Å². The Bertz CT molecular complexity index is 1490. The van der Waals surface area contributed by atoms with Gasteiger partial charge < -0.3 is 20.1 Å². The summed E-state index contributed by atoms with van der Waals surface area (Å²) in [5.74, 6) is 1.03. The average Bonchev–Trinajstić information content (AvgIpc) is 3.43. The fraction of sp³-hybridized carbons (Fsp3) is 0.333. The van der Waals surface area contributed by atoms with Crippen molar-refractivity contribution < 1.29 is 18.9 Å². The summed E-state index contributed by atoms with van der Waals surface area (Å²) in [7, 11) is 1.63. The number of imidazole rings is 1. The Morgan fingerprint density at radius 1 is 1.21 bits per heavy atom. The zero-order valence-corrected chi connectivity index (χ0v) is 22.3. The third-order valence-corrected chi connectivity index (χ3v) is 7.71. The molecular formula is C27H30ClN8O3+. The molecule has 39 heavy (non-hydrogen) atoms. The molecule has 1 aromatic carbocycles. The van der Waals surface area contributed by atoms with Gasteiger partial charge >= 0.3 is 6.41 Å². The molecule has 0 radical (unpaired) electrons. The largest absolute Gasteiger partial charge is 0.495 e. The van der Waals surface area contributed by atoms with Gasteiger partial charge in [0.15, 0.2) is 0 Å². The first kappa shape index (κ1) is 25.7. The Kier molecular flexibility index (Phi) is 7.15. The lowest BCUT2D eigenvalue weighted by Gasteiger charge is -2.48. The van der Waals surface area contributed by atoms with Crippen molar-refractivity contribution in [1.82, 2.24) is 29.7 Å². The van der Waals surface area contributed by atoms with Crippen molar-refractivity contribution in [2.75, 3.05) is 58.4 Å². The molecule has 0 saturated carbocycles. The molecule has 1 unspecified atom stereocenters. The van der Waals surface area contributed by atoms with Crippen molar-refractivity contribution in [3.05, 3.63) is 65.6 Å². The predicted octanol–water partition coefficient (Wildman–Crippen LogP) is 3.06. The van der Waals surface area contributed by atoms with Gasteiger partial charge in [0.1, 0.15) is 30.2 Å². The topological polar surface area (TPSA) is 106 Å². The van der Waals surface area contributed by atoms with E-state index in [1.54, 1.807) is 19.5 Å². The van der Waals surface area contributed by atoms with Crippen LogP contribution in [-0.4, -0.2) is 88.4 Å². The number of carbonyl (C=O) groups excluding carboxylic acids is 1. The number of aromatic nitrogens is 4. The minimum atomic E-state index is -0.00136. The number of hydrogen-bond donors (Lipinski definition) is 2. The molecule has 1 amide bonds. The van der Waals surface area contributed by atoms with Crippen molar-refractivity contribution in [3.63, 3.8) is 0 Å². The molecule has 2 fully saturated rings. The first-order valence-corrected chi connectivity index (χ1v) is 13.3. The second-order valence-electron chi connectivity index (χ2n) is 9.58. The third kappa shape index (κ3) is 4.83. The average molecular weight is 550 g/mol. The first-order valence-electron chi connectivity index (χ1n) is 12.9. The summed E-state index contributed by atoms with van der Waals surface area (Å²) in [6.45, 7) is 4.73. The SMILES string of the molecule is COc1cc(C2CNCCN2[N+]2(C=O)CCOCC2)ccc1Nc1ncc(Cl)c(-c2cnc3ccccn23)n1. The zero-order valence-electron chi connectivity index (χ0n) is 21.6. The van der Waals surface area contributed by atoms with Crippen LogP contribution in [0.1, 0.15) is 11.6 Å². The summed E-state index contributed by atoms with van der Waals surface area (Å²) in [5, 5.41) is 9.46. The number of benzene rings is 1. The van der Waals surface area contributed by atoms with Gasteiger partial charge in [-0.2, -0.15) is 4.59 Å². The highest BCUT2D eigenvalue weighted by Crippen LogP contribution is 2.35. The van der Waals surface area contributed by atoms with E-state index in [2.05, 4.69) is 31.7 Å². The van der Waals surface area contributed by atoms with E-state index in [1.165, 1.54) is 0 Å². The Labute approximate surface area is 230 Å². The second-order valence-corrected chi connectivity index (χ2v) is 9.99. The predicted molar refractivity (Wildman–Crippen MR) is 147 cm³/mol. The molecule has 0 spiro atoms. The van der Waals surface area contributed by atoms with E-state index < -0.39 is 0 Å². The molecule has 0 bridgehead atoms. The summed E-state index contributed by atoms with van der Waals surface area (Å²) >= 11 is 6.49. The molecule has 2 aliphatic heterocycles. The lowest BCUT2D eigenvalue weighted by atomic mass is 10.0. The number of nitrogens with one attached hydrogen (secondary N) is 2. The number of ether oxygens (including phenoxy) is 2. The molecule has 1 atom stereocenters. The Morgan fingerprint density at radius 3 is 2.90 bits per heavy atom. The van der Waals surface area contributed by atoms with Crippen LogP contribution in [0.5, 0.6) is 5.75 Å². The number of morpholine rings is 1. The van der Waals surface area contributed by atoms with Crippen LogP contribution < -0.4 is 15.4 Å². The van der Waals surface area contributed by atoms with Gasteiger partial charge in [0.2, 0.25) is 5.95 Å². The third-order valence-electron chi connectivity index (χ3n) is 7.43. The zero-order chi connectivity index (χ0) is 26.8. The summed E-state index contributed by atoms with van der Waals surface area (Å²) < 4.78 is 13.5. The number of methoxy groups -OCH3 is 1. The second kappa shape index (κ2) is 10.9. The van der Waals surface area contributed by atoms with Gasteiger partial charge in [0.05, 0.1) is 61.7 Å². The normalized spacial score (nSPS) is 19.6. The van der Waals surface area contributed by atoms with Gasteiger partial charge in [0.25, 0.3) is 0 Å². The Morgan fingerprint density at radius 2 is 2.08 bits per heavy atom. The number of piperazine rings is 1. The van der Waals surface area contributed by atoms with Crippen molar-refractivity contribution in [1.29, 1.82) is 0 Å². The van der Waals surface area contributed by atoms with Crippen molar-refractivity contribution in [2.24, 2.45) is 0 Å². The number of pyridine rings is 1. The molecule has 12 heteroatoms. The number of carbonyl (C=O) groups is 1. The number of anilines is 2. The summed E-state index contributed by atoms with van der Waals surface area (Å²) in [6, 6.07) is 11.8. The Balaban J connectivity index is 1.29. The molecule has 202 valence electrons. The van der Waals surface area contributed by atoms with Crippen LogP contribution in [-0.2, 0) is 9.53 Å². The lowest BCUT2D eigenvalue weighted by molar-refractivity contribution is -0.973. The van der Waals surface area contributed by atoms with Gasteiger partial charge in [0, 0.05) is 19.3 Å². The maximum absolute atomic E-state index is 12.3. The molecule has 4 aromatic rings. The molecule has 6 rings (SSSR count). The van der Waals surface area contributed by atoms with Crippen LogP contribution in [0, 0.1) is 0 Å². The monoisotopic (exact) mass is 549 g/mol. The van der Waals surface area contributed by atoms with E-state index in [0.29, 0.717) is 54.4 Å². The van der Waals surface area contributed by atoms with Crippen LogP contribution >= 0.6 is 11.6 Å². The standard InChI is InChI=1S/C27H30ClN8O3/c1-38-24-14-19(22-16-29-7-9-35(22)36(18-37)10-12-39-13-11-36)5-6-21(24)32-27-31-15-20(28)26(33-27)23-17-30-25-4-2-3-8-34(23)25/h2-6,8,14-15,17-18,22,29H,7,9-13,16H2,1H3,(H,31,32,33)/q+1. The molecule has 2 N–H and O–H groups in total. The minimum absolute atomic E-state index is 0.00136. The minimum Gasteiger partial charge on any atom is -0.495 e. The molecule has 5 heterocycles. The van der Waals surface area contributed by atoms with E-state index in [4.69, 9.17) is 26.1 Å². The van der Waals surface area contributed by atoms with Crippen LogP contribution in [0.3, 0.4) is 0 Å². The van der Waals surface area contributed by atoms with E-state index in [9.17, 15) is 4.79 Å². The number of amides is 1. The number of fused-ring (bicyclic) bond motifs is 1. The number of nitrogens with zero attached hydrogens (tertiary/aromatic N) is 6. The highest BCUT2D eigenvalue weighted by atomic mass is 35.5. The quantitative estimate of drug-likeness (QED) is 0.266. The number of hydrogen-bond acceptors (Lipinski definition) is 9. The highest BCUT2D eigenvalue weighted by molar-refractivity contribution is 6.32. The maximum Gasteiger partial charge on any atom is 0.321 e. The molecule has 0 aliphatic carbocycles. The fourth-order valence-electron chi connectivity index (χ4n) is 5.40. The van der Waals surface area contributed by atoms with Crippen molar-refractivity contribution >= 4 is 35.3 Å². The molecular weight excluding hydrogens is 520 g/mol. The van der Waals surface area contributed by atoms with Gasteiger partial charge in [-0.05, 0) is 29.8 Å². The summed E-state index contributed by atoms with van der Waals surface area (Å²) in [5.41, 5.74) is 3.91. The van der Waals surface area contributed by atoms with Gasteiger partial charge in [-0.3, -0.25) is 4.40 Å². The molecule has 2 saturated heterocycles. The van der Waals surface area contributed by atoms with Crippen LogP contribution in [0.15, 0.2) is 55.0 Å². The highest BCUT2D eigenvalue weighted by Gasteiger charge is 2.43.